The molecule has 0 aliphatic rings. The molecule has 0 aliphatic carbocycles. The average Bonchev–Trinajstić information content (AvgIpc) is 2.57. The molecule has 0 spiro atoms. The lowest BCUT2D eigenvalue weighted by Crippen LogP contribution is -2.33. The second-order valence-corrected chi connectivity index (χ2v) is 5.51. The van der Waals surface area contributed by atoms with Crippen LogP contribution in [0.3, 0.4) is 0 Å². The van der Waals surface area contributed by atoms with E-state index in [-0.39, 0.29) is 17.7 Å². The van der Waals surface area contributed by atoms with Crippen molar-refractivity contribution in [2.24, 2.45) is 0 Å². The largest absolute Gasteiger partial charge is 0.350 e. The first-order valence-corrected chi connectivity index (χ1v) is 7.53. The van der Waals surface area contributed by atoms with Crippen LogP contribution in [0.1, 0.15) is 11.1 Å². The number of amides is 2. The predicted molar refractivity (Wildman–Crippen MR) is 88.1 cm³/mol. The van der Waals surface area contributed by atoms with E-state index in [4.69, 9.17) is 23.4 Å². The Hall–Kier alpha value is -2.18. The average molecular weight is 373 g/mol. The first-order chi connectivity index (χ1) is 11.3. The number of carbonyl (C=O) groups excluding carboxylic acids is 2. The van der Waals surface area contributed by atoms with Gasteiger partial charge in [0, 0.05) is 28.1 Å². The van der Waals surface area contributed by atoms with Gasteiger partial charge in [0.15, 0.2) is 0 Å². The van der Waals surface area contributed by atoms with Crippen LogP contribution >= 0.6 is 23.4 Å². The topological polar surface area (TPSA) is 58.2 Å². The van der Waals surface area contributed by atoms with Crippen LogP contribution in [-0.2, 0) is 21.9 Å². The highest BCUT2D eigenvalue weighted by Crippen LogP contribution is 2.32. The Morgan fingerprint density at radius 2 is 1.67 bits per heavy atom. The summed E-state index contributed by atoms with van der Waals surface area (Å²) in [7, 11) is 0. The van der Waals surface area contributed by atoms with Crippen LogP contribution in [0.5, 0.6) is 0 Å². The van der Waals surface area contributed by atoms with E-state index in [0.717, 1.165) is 6.07 Å². The van der Waals surface area contributed by atoms with E-state index in [1.807, 2.05) is 4.84 Å². The van der Waals surface area contributed by atoms with Crippen molar-refractivity contribution < 1.29 is 18.4 Å². The van der Waals surface area contributed by atoms with Gasteiger partial charge in [0.25, 0.3) is 5.91 Å². The molecule has 0 radical (unpaired) electrons. The molecule has 126 valence electrons. The molecule has 0 saturated carbocycles. The first kappa shape index (κ1) is 18.2. The molecular weight excluding hydrogens is 361 g/mol. The molecule has 0 aromatic heterocycles. The zero-order valence-corrected chi connectivity index (χ0v) is 13.7. The van der Waals surface area contributed by atoms with Gasteiger partial charge in [0.1, 0.15) is 0 Å². The van der Waals surface area contributed by atoms with Crippen molar-refractivity contribution in [3.63, 3.8) is 0 Å². The van der Waals surface area contributed by atoms with E-state index in [1.54, 1.807) is 0 Å². The highest BCUT2D eigenvalue weighted by molar-refractivity contribution is 6.30. The quantitative estimate of drug-likeness (QED) is 0.782. The first-order valence-electron chi connectivity index (χ1n) is 6.77. The Morgan fingerprint density at radius 3 is 2.29 bits per heavy atom. The fourth-order valence-electron chi connectivity index (χ4n) is 2.05. The SMILES string of the molecule is O=C(Cc1ccccc1C(F)(F)C(=O)Nc1ccc(Cl)cc1)NCl. The van der Waals surface area contributed by atoms with Gasteiger partial charge >= 0.3 is 5.92 Å². The van der Waals surface area contributed by atoms with Crippen LogP contribution in [0.15, 0.2) is 48.5 Å². The molecule has 2 aromatic carbocycles. The summed E-state index contributed by atoms with van der Waals surface area (Å²) >= 11 is 10.9. The highest BCUT2D eigenvalue weighted by Gasteiger charge is 2.42. The Morgan fingerprint density at radius 1 is 1.04 bits per heavy atom. The monoisotopic (exact) mass is 372 g/mol. The van der Waals surface area contributed by atoms with Crippen molar-refractivity contribution in [2.45, 2.75) is 12.3 Å². The summed E-state index contributed by atoms with van der Waals surface area (Å²) in [4.78, 5) is 25.2. The van der Waals surface area contributed by atoms with E-state index < -0.39 is 23.3 Å². The number of halogens is 4. The number of carbonyl (C=O) groups is 2. The van der Waals surface area contributed by atoms with Crippen LogP contribution < -0.4 is 10.2 Å². The molecule has 2 amide bonds. The molecule has 2 aromatic rings. The van der Waals surface area contributed by atoms with Crippen molar-refractivity contribution in [3.8, 4) is 0 Å². The molecule has 0 unspecified atom stereocenters. The van der Waals surface area contributed by atoms with Crippen LogP contribution in [0, 0.1) is 0 Å². The third-order valence-electron chi connectivity index (χ3n) is 3.20. The third kappa shape index (κ3) is 4.21. The molecule has 0 heterocycles. The van der Waals surface area contributed by atoms with Gasteiger partial charge in [-0.05, 0) is 29.8 Å². The number of benzene rings is 2. The van der Waals surface area contributed by atoms with Gasteiger partial charge in [0.2, 0.25) is 5.91 Å². The zero-order chi connectivity index (χ0) is 17.7. The van der Waals surface area contributed by atoms with Crippen LogP contribution in [-0.4, -0.2) is 11.8 Å². The highest BCUT2D eigenvalue weighted by atomic mass is 35.5. The molecular formula is C16H12Cl2F2N2O2. The summed E-state index contributed by atoms with van der Waals surface area (Å²) in [6, 6.07) is 11.0. The maximum Gasteiger partial charge on any atom is 0.350 e. The molecule has 8 heteroatoms. The van der Waals surface area contributed by atoms with Gasteiger partial charge in [-0.3, -0.25) is 14.4 Å². The Bertz CT molecular complexity index is 752. The second kappa shape index (κ2) is 7.59. The minimum Gasteiger partial charge on any atom is -0.321 e. The summed E-state index contributed by atoms with van der Waals surface area (Å²) in [5.74, 6) is -6.00. The van der Waals surface area contributed by atoms with Gasteiger partial charge < -0.3 is 5.32 Å². The van der Waals surface area contributed by atoms with Crippen molar-refractivity contribution in [1.29, 1.82) is 0 Å². The molecule has 24 heavy (non-hydrogen) atoms. The zero-order valence-electron chi connectivity index (χ0n) is 12.2. The summed E-state index contributed by atoms with van der Waals surface area (Å²) in [6.07, 6.45) is -0.372. The maximum atomic E-state index is 14.5. The molecule has 0 bridgehead atoms. The minimum absolute atomic E-state index is 0.00639. The number of hydrogen-bond donors (Lipinski definition) is 2. The molecule has 0 atom stereocenters. The molecule has 0 saturated heterocycles. The van der Waals surface area contributed by atoms with Crippen molar-refractivity contribution in [3.05, 3.63) is 64.7 Å². The minimum atomic E-state index is -3.83. The summed E-state index contributed by atoms with van der Waals surface area (Å²) in [5, 5.41) is 2.54. The van der Waals surface area contributed by atoms with E-state index in [1.165, 1.54) is 42.5 Å². The van der Waals surface area contributed by atoms with Crippen LogP contribution in [0.2, 0.25) is 5.02 Å². The van der Waals surface area contributed by atoms with Crippen molar-refractivity contribution in [2.75, 3.05) is 5.32 Å². The Labute approximate surface area is 146 Å². The summed E-state index contributed by atoms with van der Waals surface area (Å²) in [6.45, 7) is 0. The number of rotatable bonds is 5. The van der Waals surface area contributed by atoms with E-state index in [0.29, 0.717) is 5.02 Å². The van der Waals surface area contributed by atoms with E-state index >= 15 is 0 Å². The van der Waals surface area contributed by atoms with Gasteiger partial charge in [-0.1, -0.05) is 35.9 Å². The lowest BCUT2D eigenvalue weighted by molar-refractivity contribution is -0.141. The second-order valence-electron chi connectivity index (χ2n) is 4.89. The standard InChI is InChI=1S/C16H12Cl2F2N2O2/c17-11-5-7-12(8-6-11)21-15(24)16(19,20)13-4-2-1-3-10(13)9-14(23)22-18/h1-8H,9H2,(H,21,24)(H,22,23). The maximum absolute atomic E-state index is 14.5. The molecule has 4 nitrogen and oxygen atoms in total. The smallest absolute Gasteiger partial charge is 0.321 e. The fourth-order valence-corrected chi connectivity index (χ4v) is 2.25. The van der Waals surface area contributed by atoms with Crippen LogP contribution in [0.4, 0.5) is 14.5 Å². The number of alkyl halides is 2. The number of nitrogens with one attached hydrogen (secondary N) is 2. The Kier molecular flexibility index (Phi) is 5.75. The van der Waals surface area contributed by atoms with E-state index in [9.17, 15) is 18.4 Å². The lowest BCUT2D eigenvalue weighted by Gasteiger charge is -2.19. The summed E-state index contributed by atoms with van der Waals surface area (Å²) < 4.78 is 29.1. The van der Waals surface area contributed by atoms with Gasteiger partial charge in [-0.15, -0.1) is 0 Å². The van der Waals surface area contributed by atoms with Gasteiger partial charge in [0.05, 0.1) is 6.42 Å². The number of hydrogen-bond acceptors (Lipinski definition) is 2. The molecule has 0 fully saturated rings. The predicted octanol–water partition coefficient (Wildman–Crippen LogP) is 3.88. The number of anilines is 1. The van der Waals surface area contributed by atoms with Crippen LogP contribution in [0.25, 0.3) is 0 Å². The normalized spacial score (nSPS) is 11.0. The molecule has 2 rings (SSSR count). The lowest BCUT2D eigenvalue weighted by atomic mass is 9.98. The third-order valence-corrected chi connectivity index (χ3v) is 3.66. The Balaban J connectivity index is 2.27. The van der Waals surface area contributed by atoms with Crippen molar-refractivity contribution in [1.82, 2.24) is 4.84 Å². The van der Waals surface area contributed by atoms with Gasteiger partial charge in [-0.2, -0.15) is 8.78 Å². The fraction of sp³-hybridized carbons (Fsp3) is 0.125. The van der Waals surface area contributed by atoms with E-state index in [2.05, 4.69) is 5.32 Å². The summed E-state index contributed by atoms with van der Waals surface area (Å²) in [5.41, 5.74) is -0.372. The molecule has 2 N–H and O–H groups in total. The van der Waals surface area contributed by atoms with Crippen molar-refractivity contribution >= 4 is 40.9 Å². The van der Waals surface area contributed by atoms with Gasteiger partial charge in [-0.25, -0.2) is 0 Å². The molecule has 0 aliphatic heterocycles.